The Hall–Kier alpha value is -0.620. The van der Waals surface area contributed by atoms with Gasteiger partial charge in [0.15, 0.2) is 0 Å². The zero-order valence-corrected chi connectivity index (χ0v) is 7.49. The Kier molecular flexibility index (Phi) is 8.19. The van der Waals surface area contributed by atoms with Crippen molar-refractivity contribution in [3.05, 3.63) is 0 Å². The second-order valence-electron chi connectivity index (χ2n) is 1.80. The highest BCUT2D eigenvalue weighted by molar-refractivity contribution is 7.45. The molecule has 0 rings (SSSR count). The average Bonchev–Trinajstić information content (AvgIpc) is 1.79. The first-order valence-electron chi connectivity index (χ1n) is 3.09. The molecule has 0 aromatic rings. The smallest absolute Gasteiger partial charge is 0.352 e. The van der Waals surface area contributed by atoms with E-state index < -0.39 is 13.9 Å². The largest absolute Gasteiger partial charge is 0.466 e. The van der Waals surface area contributed by atoms with Crippen LogP contribution in [0.15, 0.2) is 0 Å². The summed E-state index contributed by atoms with van der Waals surface area (Å²) in [5.74, 6) is 0. The second-order valence-corrected chi connectivity index (χ2v) is 2.83. The van der Waals surface area contributed by atoms with Gasteiger partial charge in [0, 0.05) is 6.54 Å². The molecule has 0 aromatic carbocycles. The minimum atomic E-state index is -4.64. The van der Waals surface area contributed by atoms with Crippen molar-refractivity contribution in [2.45, 2.75) is 13.3 Å². The molecule has 0 aliphatic rings. The van der Waals surface area contributed by atoms with Crippen LogP contribution in [0.2, 0.25) is 0 Å². The van der Waals surface area contributed by atoms with E-state index >= 15 is 0 Å². The van der Waals surface area contributed by atoms with E-state index in [-0.39, 0.29) is 0 Å². The number of amides is 2. The number of nitrogens with one attached hydrogen (secondary N) is 1. The highest BCUT2D eigenvalue weighted by Crippen LogP contribution is 2.25. The summed E-state index contributed by atoms with van der Waals surface area (Å²) in [5, 5.41) is 2.43. The first-order chi connectivity index (χ1) is 5.27. The first kappa shape index (κ1) is 13.9. The van der Waals surface area contributed by atoms with E-state index in [2.05, 4.69) is 5.32 Å². The molecule has 0 atom stereocenters. The quantitative estimate of drug-likeness (QED) is 0.370. The van der Waals surface area contributed by atoms with Gasteiger partial charge in [-0.3, -0.25) is 0 Å². The predicted octanol–water partition coefficient (Wildman–Crippen LogP) is -0.864. The van der Waals surface area contributed by atoms with Crippen LogP contribution in [0.5, 0.6) is 0 Å². The third kappa shape index (κ3) is 57.7. The molecule has 74 valence electrons. The van der Waals surface area contributed by atoms with Crippen LogP contribution in [0.3, 0.4) is 0 Å². The van der Waals surface area contributed by atoms with Gasteiger partial charge in [0.1, 0.15) is 0 Å². The molecule has 0 radical (unpaired) electrons. The van der Waals surface area contributed by atoms with Gasteiger partial charge in [-0.1, -0.05) is 6.92 Å². The van der Waals surface area contributed by atoms with Crippen LogP contribution < -0.4 is 11.1 Å². The molecule has 7 nitrogen and oxygen atoms in total. The molecule has 0 fully saturated rings. The fourth-order valence-electron chi connectivity index (χ4n) is 0.248. The van der Waals surface area contributed by atoms with Crippen molar-refractivity contribution >= 4 is 13.9 Å². The van der Waals surface area contributed by atoms with Crippen molar-refractivity contribution in [1.82, 2.24) is 5.32 Å². The summed E-state index contributed by atoms with van der Waals surface area (Å²) < 4.78 is 8.88. The molecule has 12 heavy (non-hydrogen) atoms. The van der Waals surface area contributed by atoms with E-state index in [1.54, 1.807) is 0 Å². The first-order valence-corrected chi connectivity index (χ1v) is 4.65. The number of nitrogens with two attached hydrogens (primary N) is 1. The van der Waals surface area contributed by atoms with Gasteiger partial charge in [0.2, 0.25) is 0 Å². The lowest BCUT2D eigenvalue weighted by Gasteiger charge is -1.93. The number of carbonyl (C=O) groups excluding carboxylic acids is 1. The monoisotopic (exact) mass is 200 g/mol. The van der Waals surface area contributed by atoms with Crippen molar-refractivity contribution in [2.75, 3.05) is 6.54 Å². The molecule has 0 heterocycles. The average molecular weight is 200 g/mol. The molecule has 0 saturated heterocycles. The van der Waals surface area contributed by atoms with Crippen LogP contribution in [0, 0.1) is 0 Å². The Bertz CT molecular complexity index is 159. The van der Waals surface area contributed by atoms with Gasteiger partial charge in [-0.15, -0.1) is 0 Å². The molecular weight excluding hydrogens is 187 g/mol. The molecular formula is C4H13N2O5P. The third-order valence-electron chi connectivity index (χ3n) is 0.549. The van der Waals surface area contributed by atoms with E-state index in [4.69, 9.17) is 25.0 Å². The summed E-state index contributed by atoms with van der Waals surface area (Å²) >= 11 is 0. The Balaban J connectivity index is 0. The van der Waals surface area contributed by atoms with Gasteiger partial charge in [0.25, 0.3) is 0 Å². The number of primary amides is 1. The molecule has 6 N–H and O–H groups in total. The Morgan fingerprint density at radius 3 is 1.92 bits per heavy atom. The molecule has 0 unspecified atom stereocenters. The lowest BCUT2D eigenvalue weighted by atomic mass is 10.5. The minimum absolute atomic E-state index is 0.443. The highest BCUT2D eigenvalue weighted by atomic mass is 31.2. The van der Waals surface area contributed by atoms with Crippen LogP contribution in [0.4, 0.5) is 4.79 Å². The van der Waals surface area contributed by atoms with Crippen molar-refractivity contribution in [2.24, 2.45) is 5.73 Å². The maximum absolute atomic E-state index is 9.87. The summed E-state index contributed by atoms with van der Waals surface area (Å²) in [6.07, 6.45) is 0.933. The maximum Gasteiger partial charge on any atom is 0.466 e. The summed E-state index contributed by atoms with van der Waals surface area (Å²) in [5.41, 5.74) is 4.73. The summed E-state index contributed by atoms with van der Waals surface area (Å²) in [4.78, 5) is 31.4. The van der Waals surface area contributed by atoms with Crippen molar-refractivity contribution < 1.29 is 24.0 Å². The molecule has 0 saturated carbocycles. The van der Waals surface area contributed by atoms with Gasteiger partial charge < -0.3 is 25.7 Å². The number of phosphoric acid groups is 1. The van der Waals surface area contributed by atoms with Crippen molar-refractivity contribution in [1.29, 1.82) is 0 Å². The molecule has 0 aliphatic heterocycles. The van der Waals surface area contributed by atoms with E-state index in [1.807, 2.05) is 6.92 Å². The van der Waals surface area contributed by atoms with Gasteiger partial charge >= 0.3 is 13.9 Å². The Morgan fingerprint density at radius 1 is 1.50 bits per heavy atom. The van der Waals surface area contributed by atoms with Gasteiger partial charge in [0.05, 0.1) is 0 Å². The standard InChI is InChI=1S/C4H10N2O.H3O4P/c1-2-3-6-4(5)7;1-5(2,3)4/h2-3H2,1H3,(H3,5,6,7);(H3,1,2,3,4). The van der Waals surface area contributed by atoms with Gasteiger partial charge in [-0.05, 0) is 6.42 Å². The zero-order chi connectivity index (χ0) is 10.2. The maximum atomic E-state index is 9.87. The Labute approximate surface area is 69.8 Å². The van der Waals surface area contributed by atoms with E-state index in [9.17, 15) is 4.79 Å². The van der Waals surface area contributed by atoms with Crippen LogP contribution in [-0.2, 0) is 4.57 Å². The summed E-state index contributed by atoms with van der Waals surface area (Å²) in [7, 11) is -4.64. The van der Waals surface area contributed by atoms with Crippen LogP contribution in [0.1, 0.15) is 13.3 Å². The van der Waals surface area contributed by atoms with Crippen LogP contribution in [0.25, 0.3) is 0 Å². The summed E-state index contributed by atoms with van der Waals surface area (Å²) in [6, 6.07) is -0.443. The molecule has 2 amide bonds. The summed E-state index contributed by atoms with van der Waals surface area (Å²) in [6.45, 7) is 2.64. The lowest BCUT2D eigenvalue weighted by molar-refractivity contribution is 0.249. The molecule has 0 spiro atoms. The lowest BCUT2D eigenvalue weighted by Crippen LogP contribution is -2.29. The molecule has 0 aliphatic carbocycles. The van der Waals surface area contributed by atoms with Crippen molar-refractivity contribution in [3.8, 4) is 0 Å². The van der Waals surface area contributed by atoms with E-state index in [0.717, 1.165) is 6.42 Å². The van der Waals surface area contributed by atoms with E-state index in [0.29, 0.717) is 6.54 Å². The minimum Gasteiger partial charge on any atom is -0.352 e. The second kappa shape index (κ2) is 7.05. The van der Waals surface area contributed by atoms with Crippen LogP contribution >= 0.6 is 7.82 Å². The van der Waals surface area contributed by atoms with Crippen molar-refractivity contribution in [3.63, 3.8) is 0 Å². The number of rotatable bonds is 2. The highest BCUT2D eigenvalue weighted by Gasteiger charge is 2.00. The number of carbonyl (C=O) groups is 1. The third-order valence-corrected chi connectivity index (χ3v) is 0.549. The van der Waals surface area contributed by atoms with Crippen LogP contribution in [-0.4, -0.2) is 27.3 Å². The number of hydrogen-bond donors (Lipinski definition) is 5. The fourth-order valence-corrected chi connectivity index (χ4v) is 0.248. The van der Waals surface area contributed by atoms with Gasteiger partial charge in [-0.25, -0.2) is 9.36 Å². The molecule has 0 aromatic heterocycles. The predicted molar refractivity (Wildman–Crippen MR) is 42.1 cm³/mol. The SMILES string of the molecule is CCCNC(N)=O.O=P(O)(O)O. The topological polar surface area (TPSA) is 133 Å². The van der Waals surface area contributed by atoms with E-state index in [1.165, 1.54) is 0 Å². The number of urea groups is 1. The zero-order valence-electron chi connectivity index (χ0n) is 6.60. The Morgan fingerprint density at radius 2 is 1.83 bits per heavy atom. The molecule has 8 heteroatoms. The number of hydrogen-bond acceptors (Lipinski definition) is 2. The normalized spacial score (nSPS) is 9.67. The van der Waals surface area contributed by atoms with Gasteiger partial charge in [-0.2, -0.15) is 0 Å². The molecule has 0 bridgehead atoms. The fraction of sp³-hybridized carbons (Fsp3) is 0.750.